The van der Waals surface area contributed by atoms with Crippen LogP contribution in [0, 0.1) is 27.7 Å². The van der Waals surface area contributed by atoms with Crippen LogP contribution >= 0.6 is 0 Å². The predicted octanol–water partition coefficient (Wildman–Crippen LogP) is 2.66. The van der Waals surface area contributed by atoms with E-state index in [0.29, 0.717) is 17.2 Å². The van der Waals surface area contributed by atoms with Crippen molar-refractivity contribution in [3.63, 3.8) is 0 Å². The Morgan fingerprint density at radius 3 is 2.50 bits per heavy atom. The van der Waals surface area contributed by atoms with E-state index in [0.717, 1.165) is 22.8 Å². The molecule has 0 bridgehead atoms. The molecule has 122 valence electrons. The van der Waals surface area contributed by atoms with Crippen LogP contribution in [0.25, 0.3) is 17.2 Å². The molecule has 24 heavy (non-hydrogen) atoms. The predicted molar refractivity (Wildman–Crippen MR) is 88.3 cm³/mol. The van der Waals surface area contributed by atoms with Crippen LogP contribution in [-0.2, 0) is 0 Å². The van der Waals surface area contributed by atoms with Gasteiger partial charge in [0.05, 0.1) is 34.0 Å². The Hall–Kier alpha value is -3.09. The summed E-state index contributed by atoms with van der Waals surface area (Å²) in [7, 11) is 0. The summed E-state index contributed by atoms with van der Waals surface area (Å²) in [4.78, 5) is 24.8. The van der Waals surface area contributed by atoms with Crippen LogP contribution in [0.2, 0.25) is 0 Å². The summed E-state index contributed by atoms with van der Waals surface area (Å²) in [5, 5.41) is 13.9. The first-order valence-corrected chi connectivity index (χ1v) is 7.46. The van der Waals surface area contributed by atoms with Gasteiger partial charge in [-0.25, -0.2) is 14.5 Å². The quantitative estimate of drug-likeness (QED) is 0.796. The number of aryl methyl sites for hydroxylation is 4. The van der Waals surface area contributed by atoms with Crippen LogP contribution in [0.3, 0.4) is 0 Å². The Labute approximate surface area is 139 Å². The van der Waals surface area contributed by atoms with Gasteiger partial charge in [-0.2, -0.15) is 5.10 Å². The summed E-state index contributed by atoms with van der Waals surface area (Å²) in [5.74, 6) is -0.463. The van der Waals surface area contributed by atoms with Gasteiger partial charge >= 0.3 is 5.97 Å². The van der Waals surface area contributed by atoms with Crippen LogP contribution in [0.15, 0.2) is 24.4 Å². The largest absolute Gasteiger partial charge is 0.478 e. The normalized spacial score (nSPS) is 10.8. The van der Waals surface area contributed by atoms with Crippen molar-refractivity contribution in [3.05, 3.63) is 52.7 Å². The molecule has 3 aromatic rings. The summed E-state index contributed by atoms with van der Waals surface area (Å²) in [6.07, 6.45) is 1.56. The van der Waals surface area contributed by atoms with E-state index in [2.05, 4.69) is 20.1 Å². The van der Waals surface area contributed by atoms with E-state index in [4.69, 9.17) is 0 Å². The second kappa shape index (κ2) is 5.84. The molecule has 0 saturated heterocycles. The number of aromatic nitrogens is 5. The van der Waals surface area contributed by atoms with Gasteiger partial charge in [0.1, 0.15) is 5.69 Å². The van der Waals surface area contributed by atoms with E-state index in [1.807, 2.05) is 27.7 Å². The van der Waals surface area contributed by atoms with E-state index < -0.39 is 5.97 Å². The molecule has 0 saturated carbocycles. The first-order valence-electron chi connectivity index (χ1n) is 7.46. The first kappa shape index (κ1) is 15.8. The van der Waals surface area contributed by atoms with Gasteiger partial charge in [0.25, 0.3) is 0 Å². The smallest absolute Gasteiger partial charge is 0.337 e. The third kappa shape index (κ3) is 2.64. The highest BCUT2D eigenvalue weighted by Gasteiger charge is 2.20. The number of carbonyl (C=O) groups is 1. The molecular weight excluding hydrogens is 306 g/mol. The molecule has 1 N–H and O–H groups in total. The van der Waals surface area contributed by atoms with Crippen molar-refractivity contribution in [1.82, 2.24) is 24.7 Å². The summed E-state index contributed by atoms with van der Waals surface area (Å²) < 4.78 is 1.61. The third-order valence-electron chi connectivity index (χ3n) is 3.77. The molecule has 0 unspecified atom stereocenters. The van der Waals surface area contributed by atoms with E-state index in [1.54, 1.807) is 23.0 Å². The molecule has 0 aromatic carbocycles. The van der Waals surface area contributed by atoms with Crippen LogP contribution in [0.4, 0.5) is 0 Å². The lowest BCUT2D eigenvalue weighted by atomic mass is 10.1. The molecule has 0 radical (unpaired) electrons. The topological polar surface area (TPSA) is 93.8 Å². The van der Waals surface area contributed by atoms with Gasteiger partial charge in [0.15, 0.2) is 5.82 Å². The van der Waals surface area contributed by atoms with Gasteiger partial charge in [-0.15, -0.1) is 0 Å². The maximum atomic E-state index is 11.5. The van der Waals surface area contributed by atoms with Gasteiger partial charge in [0.2, 0.25) is 0 Å². The van der Waals surface area contributed by atoms with Gasteiger partial charge in [0, 0.05) is 6.20 Å². The zero-order valence-electron chi connectivity index (χ0n) is 13.9. The molecule has 7 heteroatoms. The van der Waals surface area contributed by atoms with E-state index in [-0.39, 0.29) is 5.56 Å². The Morgan fingerprint density at radius 2 is 1.79 bits per heavy atom. The van der Waals surface area contributed by atoms with Crippen molar-refractivity contribution < 1.29 is 9.90 Å². The zero-order valence-corrected chi connectivity index (χ0v) is 13.9. The van der Waals surface area contributed by atoms with Gasteiger partial charge in [-0.1, -0.05) is 0 Å². The molecule has 0 atom stereocenters. The summed E-state index contributed by atoms with van der Waals surface area (Å²) >= 11 is 0. The lowest BCUT2D eigenvalue weighted by Crippen LogP contribution is -2.10. The van der Waals surface area contributed by atoms with Gasteiger partial charge in [-0.05, 0) is 45.9 Å². The average molecular weight is 323 g/mol. The van der Waals surface area contributed by atoms with Crippen LogP contribution in [0.1, 0.15) is 33.1 Å². The number of carboxylic acids is 1. The molecule has 3 aromatic heterocycles. The van der Waals surface area contributed by atoms with E-state index in [9.17, 15) is 9.90 Å². The van der Waals surface area contributed by atoms with Crippen molar-refractivity contribution in [2.45, 2.75) is 27.7 Å². The Kier molecular flexibility index (Phi) is 3.84. The van der Waals surface area contributed by atoms with Crippen molar-refractivity contribution >= 4 is 5.97 Å². The number of hydrogen-bond donors (Lipinski definition) is 1. The standard InChI is InChI=1S/C17H17N5O2/c1-9-8-14(15-13(17(23)24)6-5-7-18-15)22(21-9)16-12(4)19-10(2)11(3)20-16/h5-8H,1-4H3,(H,23,24). The second-order valence-corrected chi connectivity index (χ2v) is 5.59. The van der Waals surface area contributed by atoms with Gasteiger partial charge < -0.3 is 5.11 Å². The molecule has 3 heterocycles. The van der Waals surface area contributed by atoms with Gasteiger partial charge in [-0.3, -0.25) is 9.97 Å². The first-order chi connectivity index (χ1) is 11.4. The number of hydrogen-bond acceptors (Lipinski definition) is 5. The Morgan fingerprint density at radius 1 is 1.08 bits per heavy atom. The highest BCUT2D eigenvalue weighted by atomic mass is 16.4. The Balaban J connectivity index is 2.28. The monoisotopic (exact) mass is 323 g/mol. The SMILES string of the molecule is Cc1cc(-c2ncccc2C(=O)O)n(-c2nc(C)c(C)nc2C)n1. The summed E-state index contributed by atoms with van der Waals surface area (Å²) in [6, 6.07) is 4.92. The number of carboxylic acid groups (broad SMARTS) is 1. The minimum absolute atomic E-state index is 0.119. The fourth-order valence-corrected chi connectivity index (χ4v) is 2.52. The van der Waals surface area contributed by atoms with Crippen molar-refractivity contribution in [2.75, 3.05) is 0 Å². The van der Waals surface area contributed by atoms with Crippen molar-refractivity contribution in [2.24, 2.45) is 0 Å². The fourth-order valence-electron chi connectivity index (χ4n) is 2.52. The molecule has 0 aliphatic heterocycles. The van der Waals surface area contributed by atoms with E-state index >= 15 is 0 Å². The number of aromatic carboxylic acids is 1. The maximum Gasteiger partial charge on any atom is 0.337 e. The molecule has 0 aliphatic rings. The number of rotatable bonds is 3. The summed E-state index contributed by atoms with van der Waals surface area (Å²) in [6.45, 7) is 7.47. The molecule has 0 fully saturated rings. The molecular formula is C17H17N5O2. The molecule has 0 amide bonds. The van der Waals surface area contributed by atoms with Crippen LogP contribution in [0.5, 0.6) is 0 Å². The minimum atomic E-state index is -1.04. The highest BCUT2D eigenvalue weighted by molar-refractivity contribution is 5.94. The van der Waals surface area contributed by atoms with Crippen molar-refractivity contribution in [1.29, 1.82) is 0 Å². The lowest BCUT2D eigenvalue weighted by Gasteiger charge is -2.11. The number of pyridine rings is 1. The minimum Gasteiger partial charge on any atom is -0.478 e. The molecule has 0 spiro atoms. The van der Waals surface area contributed by atoms with Crippen molar-refractivity contribution in [3.8, 4) is 17.2 Å². The third-order valence-corrected chi connectivity index (χ3v) is 3.77. The molecule has 7 nitrogen and oxygen atoms in total. The average Bonchev–Trinajstić information content (AvgIpc) is 2.92. The molecule has 3 rings (SSSR count). The number of nitrogens with zero attached hydrogens (tertiary/aromatic N) is 5. The zero-order chi connectivity index (χ0) is 17.4. The molecule has 0 aliphatic carbocycles. The van der Waals surface area contributed by atoms with Crippen LogP contribution in [-0.4, -0.2) is 35.8 Å². The second-order valence-electron chi connectivity index (χ2n) is 5.59. The highest BCUT2D eigenvalue weighted by Crippen LogP contribution is 2.26. The Bertz CT molecular complexity index is 946. The fraction of sp³-hybridized carbons (Fsp3) is 0.235. The lowest BCUT2D eigenvalue weighted by molar-refractivity contribution is 0.0697. The van der Waals surface area contributed by atoms with E-state index in [1.165, 1.54) is 6.07 Å². The van der Waals surface area contributed by atoms with Crippen LogP contribution < -0.4 is 0 Å². The summed E-state index contributed by atoms with van der Waals surface area (Å²) in [5.41, 5.74) is 4.16. The maximum absolute atomic E-state index is 11.5.